The van der Waals surface area contributed by atoms with Gasteiger partial charge in [0.2, 0.25) is 5.91 Å². The molecule has 0 saturated heterocycles. The number of halogens is 1. The number of carbonyl (C=O) groups is 1. The number of nitrogens with one attached hydrogen (secondary N) is 3. The molecule has 0 unspecified atom stereocenters. The van der Waals surface area contributed by atoms with Crippen molar-refractivity contribution in [3.63, 3.8) is 0 Å². The van der Waals surface area contributed by atoms with Crippen molar-refractivity contribution in [2.24, 2.45) is 0 Å². The van der Waals surface area contributed by atoms with Gasteiger partial charge >= 0.3 is 0 Å². The molecule has 1 aromatic rings. The zero-order valence-electron chi connectivity index (χ0n) is 10.6. The lowest BCUT2D eigenvalue weighted by Gasteiger charge is -2.20. The highest BCUT2D eigenvalue weighted by Gasteiger charge is 2.13. The van der Waals surface area contributed by atoms with Gasteiger partial charge < -0.3 is 10.6 Å². The summed E-state index contributed by atoms with van der Waals surface area (Å²) in [7, 11) is 0. The van der Waals surface area contributed by atoms with Crippen molar-refractivity contribution in [2.75, 3.05) is 11.9 Å². The number of anilines is 1. The topological polar surface area (TPSA) is 86.9 Å². The highest BCUT2D eigenvalue weighted by atomic mass is 35.5. The number of aromatic amines is 1. The molecular weight excluding hydrogens is 256 g/mol. The molecule has 0 radical (unpaired) electrons. The van der Waals surface area contributed by atoms with Crippen molar-refractivity contribution in [1.29, 1.82) is 0 Å². The van der Waals surface area contributed by atoms with Crippen LogP contribution in [0, 0.1) is 0 Å². The third-order valence-electron chi connectivity index (χ3n) is 1.98. The molecule has 0 saturated carbocycles. The number of hydrogen-bond donors (Lipinski definition) is 3. The second-order valence-corrected chi connectivity index (χ2v) is 5.28. The Hall–Kier alpha value is -1.56. The largest absolute Gasteiger partial charge is 0.382 e. The Labute approximate surface area is 110 Å². The number of aromatic nitrogens is 2. The summed E-state index contributed by atoms with van der Waals surface area (Å²) < 4.78 is 0. The average Bonchev–Trinajstić information content (AvgIpc) is 2.21. The van der Waals surface area contributed by atoms with E-state index in [2.05, 4.69) is 20.8 Å². The Morgan fingerprint density at radius 2 is 2.17 bits per heavy atom. The molecule has 100 valence electrons. The predicted octanol–water partition coefficient (Wildman–Crippen LogP) is 1.14. The zero-order chi connectivity index (χ0) is 13.8. The van der Waals surface area contributed by atoms with Crippen LogP contribution in [0.4, 0.5) is 5.69 Å². The number of rotatable bonds is 4. The van der Waals surface area contributed by atoms with Gasteiger partial charge in [-0.1, -0.05) is 11.6 Å². The maximum atomic E-state index is 11.5. The molecule has 6 nitrogen and oxygen atoms in total. The lowest BCUT2D eigenvalue weighted by atomic mass is 10.1. The van der Waals surface area contributed by atoms with Gasteiger partial charge in [-0.15, -0.1) is 0 Å². The molecule has 1 rings (SSSR count). The fraction of sp³-hybridized carbons (Fsp3) is 0.545. The summed E-state index contributed by atoms with van der Waals surface area (Å²) in [5.74, 6) is -0.0658. The lowest BCUT2D eigenvalue weighted by Crippen LogP contribution is -2.41. The van der Waals surface area contributed by atoms with Crippen LogP contribution in [0.15, 0.2) is 11.0 Å². The first-order valence-electron chi connectivity index (χ1n) is 5.57. The van der Waals surface area contributed by atoms with E-state index < -0.39 is 5.56 Å². The fourth-order valence-corrected chi connectivity index (χ4v) is 1.46. The van der Waals surface area contributed by atoms with Crippen LogP contribution in [0.3, 0.4) is 0 Å². The van der Waals surface area contributed by atoms with E-state index in [1.165, 1.54) is 6.20 Å². The van der Waals surface area contributed by atoms with Gasteiger partial charge in [-0.3, -0.25) is 9.59 Å². The summed E-state index contributed by atoms with van der Waals surface area (Å²) in [6.45, 7) is 6.12. The van der Waals surface area contributed by atoms with E-state index in [0.717, 1.165) is 0 Å². The molecule has 0 aliphatic rings. The molecule has 3 N–H and O–H groups in total. The zero-order valence-corrected chi connectivity index (χ0v) is 11.4. The first-order chi connectivity index (χ1) is 8.29. The molecule has 18 heavy (non-hydrogen) atoms. The van der Waals surface area contributed by atoms with Crippen LogP contribution in [0.1, 0.15) is 27.2 Å². The highest BCUT2D eigenvalue weighted by Crippen LogP contribution is 2.13. The Kier molecular flexibility index (Phi) is 4.72. The quantitative estimate of drug-likeness (QED) is 0.767. The minimum Gasteiger partial charge on any atom is -0.382 e. The molecule has 0 spiro atoms. The third kappa shape index (κ3) is 4.75. The van der Waals surface area contributed by atoms with Gasteiger partial charge in [-0.05, 0) is 20.8 Å². The molecule has 1 amide bonds. The molecule has 0 atom stereocenters. The molecule has 0 aliphatic carbocycles. The van der Waals surface area contributed by atoms with Crippen molar-refractivity contribution < 1.29 is 4.79 Å². The summed E-state index contributed by atoms with van der Waals surface area (Å²) in [5.41, 5.74) is -0.287. The highest BCUT2D eigenvalue weighted by molar-refractivity contribution is 6.32. The standard InChI is InChI=1S/C11H17ClN4O2/c1-11(2,3)15-8(17)4-5-13-7-6-14-16-10(18)9(7)12/h6H,4-5H2,1-3H3,(H,15,17)(H2,13,16,18). The summed E-state index contributed by atoms with van der Waals surface area (Å²) in [6.07, 6.45) is 1.70. The molecule has 7 heteroatoms. The van der Waals surface area contributed by atoms with Crippen molar-refractivity contribution in [1.82, 2.24) is 15.5 Å². The molecule has 0 aromatic carbocycles. The molecular formula is C11H17ClN4O2. The number of nitrogens with zero attached hydrogens (tertiary/aromatic N) is 1. The minimum atomic E-state index is -0.458. The van der Waals surface area contributed by atoms with Crippen LogP contribution < -0.4 is 16.2 Å². The maximum Gasteiger partial charge on any atom is 0.285 e. The second-order valence-electron chi connectivity index (χ2n) is 4.90. The summed E-state index contributed by atoms with van der Waals surface area (Å²) in [6, 6.07) is 0. The molecule has 0 aliphatic heterocycles. The predicted molar refractivity (Wildman–Crippen MR) is 70.9 cm³/mol. The Morgan fingerprint density at radius 1 is 1.50 bits per heavy atom. The van der Waals surface area contributed by atoms with Crippen LogP contribution >= 0.6 is 11.6 Å². The van der Waals surface area contributed by atoms with Gasteiger partial charge in [0.05, 0.1) is 11.9 Å². The van der Waals surface area contributed by atoms with Gasteiger partial charge in [-0.2, -0.15) is 5.10 Å². The number of hydrogen-bond acceptors (Lipinski definition) is 4. The first kappa shape index (κ1) is 14.5. The van der Waals surface area contributed by atoms with Crippen LogP contribution in [0.5, 0.6) is 0 Å². The van der Waals surface area contributed by atoms with Crippen LogP contribution in [0.2, 0.25) is 5.02 Å². The van der Waals surface area contributed by atoms with E-state index in [-0.39, 0.29) is 16.5 Å². The van der Waals surface area contributed by atoms with Crippen LogP contribution in [-0.2, 0) is 4.79 Å². The second kappa shape index (κ2) is 5.86. The smallest absolute Gasteiger partial charge is 0.285 e. The normalized spacial score (nSPS) is 11.1. The number of amides is 1. The van der Waals surface area contributed by atoms with Crippen molar-refractivity contribution in [3.8, 4) is 0 Å². The van der Waals surface area contributed by atoms with Gasteiger partial charge in [0.15, 0.2) is 0 Å². The Morgan fingerprint density at radius 3 is 2.78 bits per heavy atom. The average molecular weight is 273 g/mol. The lowest BCUT2D eigenvalue weighted by molar-refractivity contribution is -0.122. The Balaban J connectivity index is 2.45. The van der Waals surface area contributed by atoms with E-state index in [9.17, 15) is 9.59 Å². The first-order valence-corrected chi connectivity index (χ1v) is 5.95. The van der Waals surface area contributed by atoms with Crippen molar-refractivity contribution in [2.45, 2.75) is 32.7 Å². The van der Waals surface area contributed by atoms with Gasteiger partial charge in [0, 0.05) is 18.5 Å². The summed E-state index contributed by atoms with van der Waals surface area (Å²) in [5, 5.41) is 11.6. The van der Waals surface area contributed by atoms with E-state index >= 15 is 0 Å². The van der Waals surface area contributed by atoms with Gasteiger partial charge in [-0.25, -0.2) is 5.10 Å². The number of carbonyl (C=O) groups excluding carboxylic acids is 1. The fourth-order valence-electron chi connectivity index (χ4n) is 1.30. The number of H-pyrrole nitrogens is 1. The summed E-state index contributed by atoms with van der Waals surface area (Å²) in [4.78, 5) is 22.7. The van der Waals surface area contributed by atoms with Crippen LogP contribution in [-0.4, -0.2) is 28.2 Å². The van der Waals surface area contributed by atoms with E-state index in [1.807, 2.05) is 20.8 Å². The van der Waals surface area contributed by atoms with E-state index in [4.69, 9.17) is 11.6 Å². The van der Waals surface area contributed by atoms with E-state index in [0.29, 0.717) is 18.7 Å². The van der Waals surface area contributed by atoms with Crippen molar-refractivity contribution in [3.05, 3.63) is 21.6 Å². The maximum absolute atomic E-state index is 11.5. The van der Waals surface area contributed by atoms with Gasteiger partial charge in [0.1, 0.15) is 5.02 Å². The van der Waals surface area contributed by atoms with Crippen molar-refractivity contribution >= 4 is 23.2 Å². The Bertz CT molecular complexity index is 479. The van der Waals surface area contributed by atoms with E-state index in [1.54, 1.807) is 0 Å². The van der Waals surface area contributed by atoms with Crippen LogP contribution in [0.25, 0.3) is 0 Å². The monoisotopic (exact) mass is 272 g/mol. The summed E-state index contributed by atoms with van der Waals surface area (Å²) >= 11 is 5.77. The molecule has 0 bridgehead atoms. The molecule has 0 fully saturated rings. The SMILES string of the molecule is CC(C)(C)NC(=O)CCNc1cn[nH]c(=O)c1Cl. The van der Waals surface area contributed by atoms with Gasteiger partial charge in [0.25, 0.3) is 5.56 Å². The molecule has 1 aromatic heterocycles. The third-order valence-corrected chi connectivity index (χ3v) is 2.35. The minimum absolute atomic E-state index is 0.0428. The molecule has 1 heterocycles.